The normalized spacial score (nSPS) is 20.0. The van der Waals surface area contributed by atoms with Gasteiger partial charge in [0.25, 0.3) is 0 Å². The molecule has 1 heterocycles. The van der Waals surface area contributed by atoms with Crippen molar-refractivity contribution in [3.8, 4) is 6.07 Å². The van der Waals surface area contributed by atoms with Crippen molar-refractivity contribution in [2.45, 2.75) is 24.9 Å². The molecule has 1 aliphatic heterocycles. The maximum Gasteiger partial charge on any atom is 0.416 e. The molecule has 1 aromatic carbocycles. The second-order valence-corrected chi connectivity index (χ2v) is 7.00. The number of hydrazine groups is 1. The fourth-order valence-electron chi connectivity index (χ4n) is 2.23. The molecule has 1 aliphatic rings. The lowest BCUT2D eigenvalue weighted by atomic mass is 10.2. The Hall–Kier alpha value is -1.48. The molecule has 142 valence electrons. The molecule has 0 radical (unpaired) electrons. The molecule has 2 unspecified atom stereocenters. The van der Waals surface area contributed by atoms with Gasteiger partial charge in [0.2, 0.25) is 0 Å². The Kier molecular flexibility index (Phi) is 5.82. The average molecular weight is 438 g/mol. The van der Waals surface area contributed by atoms with E-state index in [0.29, 0.717) is 11.1 Å². The molecule has 26 heavy (non-hydrogen) atoms. The molecule has 1 aromatic rings. The van der Waals surface area contributed by atoms with Crippen LogP contribution < -0.4 is 5.01 Å². The number of rotatable bonds is 3. The Morgan fingerprint density at radius 3 is 2.31 bits per heavy atom. The first kappa shape index (κ1) is 20.8. The molecule has 4 nitrogen and oxygen atoms in total. The van der Waals surface area contributed by atoms with E-state index in [1.54, 1.807) is 0 Å². The number of allylic oxidation sites excluding steroid dienone is 1. The van der Waals surface area contributed by atoms with Crippen LogP contribution >= 0.6 is 23.2 Å². The van der Waals surface area contributed by atoms with Gasteiger partial charge in [0.1, 0.15) is 11.5 Å². The van der Waals surface area contributed by atoms with Crippen LogP contribution in [0.1, 0.15) is 12.5 Å². The van der Waals surface area contributed by atoms with Crippen molar-refractivity contribution in [3.63, 3.8) is 0 Å². The molecular weight excluding hydrogens is 431 g/mol. The van der Waals surface area contributed by atoms with Crippen LogP contribution in [0.3, 0.4) is 0 Å². The minimum Gasteiger partial charge on any atom is -0.260 e. The summed E-state index contributed by atoms with van der Waals surface area (Å²) < 4.78 is 90.7. The summed E-state index contributed by atoms with van der Waals surface area (Å²) in [6.45, 7) is 1.18. The maximum absolute atomic E-state index is 14.4. The van der Waals surface area contributed by atoms with E-state index < -0.39 is 51.1 Å². The van der Waals surface area contributed by atoms with E-state index in [9.17, 15) is 30.6 Å². The molecule has 13 heteroatoms. The maximum atomic E-state index is 14.4. The minimum absolute atomic E-state index is 0.103. The summed E-state index contributed by atoms with van der Waals surface area (Å²) >= 11 is 11.6. The summed E-state index contributed by atoms with van der Waals surface area (Å²) in [6.07, 6.45) is -4.91. The van der Waals surface area contributed by atoms with Crippen LogP contribution in [0, 0.1) is 17.1 Å². The Morgan fingerprint density at radius 2 is 1.88 bits per heavy atom. The molecular formula is C13H7Cl2F6N3OS. The molecule has 0 amide bonds. The van der Waals surface area contributed by atoms with Gasteiger partial charge in [-0.25, -0.2) is 8.60 Å². The lowest BCUT2D eigenvalue weighted by molar-refractivity contribution is -0.137. The summed E-state index contributed by atoms with van der Waals surface area (Å²) in [6, 6.07) is 0.346. The van der Waals surface area contributed by atoms with E-state index in [4.69, 9.17) is 28.5 Å². The highest BCUT2D eigenvalue weighted by molar-refractivity contribution is 7.83. The van der Waals surface area contributed by atoms with Gasteiger partial charge >= 0.3 is 11.9 Å². The summed E-state index contributed by atoms with van der Waals surface area (Å²) in [4.78, 5) is 0. The Morgan fingerprint density at radius 1 is 1.31 bits per heavy atom. The van der Waals surface area contributed by atoms with Crippen LogP contribution in [0.2, 0.25) is 5.02 Å². The Balaban J connectivity index is 2.68. The molecule has 0 saturated carbocycles. The van der Waals surface area contributed by atoms with Crippen molar-refractivity contribution < 1.29 is 30.6 Å². The third-order valence-corrected chi connectivity index (χ3v) is 5.15. The molecule has 2 rings (SSSR count). The van der Waals surface area contributed by atoms with Gasteiger partial charge in [0, 0.05) is 0 Å². The van der Waals surface area contributed by atoms with Gasteiger partial charge < -0.3 is 0 Å². The van der Waals surface area contributed by atoms with Gasteiger partial charge in [-0.1, -0.05) is 23.2 Å². The zero-order valence-corrected chi connectivity index (χ0v) is 14.8. The van der Waals surface area contributed by atoms with E-state index in [-0.39, 0.29) is 21.2 Å². The Labute approximate surface area is 155 Å². The van der Waals surface area contributed by atoms with Crippen LogP contribution in [0.5, 0.6) is 0 Å². The topological polar surface area (TPSA) is 47.3 Å². The highest BCUT2D eigenvalue weighted by Crippen LogP contribution is 2.44. The highest BCUT2D eigenvalue weighted by atomic mass is 35.5. The van der Waals surface area contributed by atoms with Gasteiger partial charge in [0.05, 0.1) is 27.4 Å². The van der Waals surface area contributed by atoms with Crippen molar-refractivity contribution >= 4 is 39.9 Å². The smallest absolute Gasteiger partial charge is 0.260 e. The van der Waals surface area contributed by atoms with Crippen molar-refractivity contribution in [1.29, 1.82) is 5.26 Å². The zero-order chi connectivity index (χ0) is 20.0. The van der Waals surface area contributed by atoms with Gasteiger partial charge in [-0.05, 0) is 19.1 Å². The molecule has 0 aliphatic carbocycles. The van der Waals surface area contributed by atoms with Gasteiger partial charge in [0.15, 0.2) is 17.0 Å². The Bertz CT molecular complexity index is 815. The molecule has 0 fully saturated rings. The lowest BCUT2D eigenvalue weighted by Gasteiger charge is -2.32. The highest BCUT2D eigenvalue weighted by Gasteiger charge is 2.45. The van der Waals surface area contributed by atoms with Crippen molar-refractivity contribution in [2.75, 3.05) is 5.01 Å². The number of hydrogen-bond donors (Lipinski definition) is 0. The van der Waals surface area contributed by atoms with Crippen LogP contribution in [0.25, 0.3) is 0 Å². The first-order chi connectivity index (χ1) is 11.9. The SMILES string of the molecule is CC1=C(Cl)C(C#N)N(S(=O)C(F)F)N1c1c(F)cc(C(F)(F)F)cc1Cl. The second-order valence-electron chi connectivity index (χ2n) is 4.90. The summed E-state index contributed by atoms with van der Waals surface area (Å²) in [5.74, 6) is -5.00. The largest absolute Gasteiger partial charge is 0.416 e. The van der Waals surface area contributed by atoms with Crippen molar-refractivity contribution in [3.05, 3.63) is 39.3 Å². The van der Waals surface area contributed by atoms with E-state index in [2.05, 4.69) is 0 Å². The number of benzene rings is 1. The lowest BCUT2D eigenvalue weighted by Crippen LogP contribution is -2.45. The number of nitriles is 1. The molecule has 0 spiro atoms. The minimum atomic E-state index is -4.91. The predicted octanol–water partition coefficient (Wildman–Crippen LogP) is 4.78. The fraction of sp³-hybridized carbons (Fsp3) is 0.308. The number of anilines is 1. The van der Waals surface area contributed by atoms with Crippen molar-refractivity contribution in [2.24, 2.45) is 0 Å². The summed E-state index contributed by atoms with van der Waals surface area (Å²) in [5.41, 5.74) is -2.39. The quantitative estimate of drug-likeness (QED) is 0.639. The van der Waals surface area contributed by atoms with Gasteiger partial charge in [-0.2, -0.15) is 27.2 Å². The molecule has 2 atom stereocenters. The molecule has 0 aromatic heterocycles. The monoisotopic (exact) mass is 437 g/mol. The molecule has 0 bridgehead atoms. The molecule has 0 N–H and O–H groups in total. The number of nitrogens with zero attached hydrogens (tertiary/aromatic N) is 3. The van der Waals surface area contributed by atoms with Crippen LogP contribution in [0.15, 0.2) is 22.9 Å². The van der Waals surface area contributed by atoms with Crippen LogP contribution in [-0.2, 0) is 17.2 Å². The summed E-state index contributed by atoms with van der Waals surface area (Å²) in [5, 5.41) is 8.50. The van der Waals surface area contributed by atoms with Crippen LogP contribution in [0.4, 0.5) is 32.0 Å². The average Bonchev–Trinajstić information content (AvgIpc) is 2.77. The predicted molar refractivity (Wildman–Crippen MR) is 82.8 cm³/mol. The molecule has 0 saturated heterocycles. The number of halogens is 8. The van der Waals surface area contributed by atoms with E-state index in [1.807, 2.05) is 0 Å². The second kappa shape index (κ2) is 7.26. The zero-order valence-electron chi connectivity index (χ0n) is 12.5. The van der Waals surface area contributed by atoms with E-state index in [0.717, 1.165) is 0 Å². The summed E-state index contributed by atoms with van der Waals surface area (Å²) in [7, 11) is -3.16. The van der Waals surface area contributed by atoms with E-state index >= 15 is 0 Å². The first-order valence-corrected chi connectivity index (χ1v) is 8.44. The first-order valence-electron chi connectivity index (χ1n) is 6.52. The standard InChI is InChI=1S/C13H7Cl2F6N3OS/c1-5-10(15)9(4-22)24(26(25)12(17)18)23(5)11-7(14)2-6(3-8(11)16)13(19,20)21/h2-3,9,12H,1H3. The van der Waals surface area contributed by atoms with Crippen LogP contribution in [-0.4, -0.2) is 20.4 Å². The van der Waals surface area contributed by atoms with E-state index in [1.165, 1.54) is 13.0 Å². The third-order valence-electron chi connectivity index (χ3n) is 3.34. The number of hydrogen-bond acceptors (Lipinski definition) is 3. The fourth-order valence-corrected chi connectivity index (χ4v) is 3.68. The van der Waals surface area contributed by atoms with Gasteiger partial charge in [-0.3, -0.25) is 5.01 Å². The van der Waals surface area contributed by atoms with Crippen molar-refractivity contribution in [1.82, 2.24) is 4.41 Å². The van der Waals surface area contributed by atoms with Gasteiger partial charge in [-0.15, -0.1) is 4.41 Å². The number of alkyl halides is 5. The third kappa shape index (κ3) is 3.51.